The van der Waals surface area contributed by atoms with Crippen LogP contribution in [0.1, 0.15) is 12.0 Å². The van der Waals surface area contributed by atoms with Crippen molar-refractivity contribution in [2.75, 3.05) is 5.32 Å². The molecule has 0 aromatic heterocycles. The van der Waals surface area contributed by atoms with Crippen LogP contribution in [0.5, 0.6) is 0 Å². The molecule has 0 aliphatic carbocycles. The van der Waals surface area contributed by atoms with Gasteiger partial charge in [0.05, 0.1) is 16.1 Å². The molecule has 112 valence electrons. The number of carbonyl (C=O) groups is 1. The first-order valence-corrected chi connectivity index (χ1v) is 8.16. The van der Waals surface area contributed by atoms with Crippen molar-refractivity contribution in [3.63, 3.8) is 0 Å². The van der Waals surface area contributed by atoms with Crippen molar-refractivity contribution < 1.29 is 4.79 Å². The summed E-state index contributed by atoms with van der Waals surface area (Å²) in [6.07, 6.45) is -0.145. The monoisotopic (exact) mass is 350 g/mol. The van der Waals surface area contributed by atoms with E-state index < -0.39 is 0 Å². The van der Waals surface area contributed by atoms with Crippen LogP contribution in [0, 0.1) is 11.3 Å². The van der Waals surface area contributed by atoms with Crippen molar-refractivity contribution in [2.24, 2.45) is 0 Å². The summed E-state index contributed by atoms with van der Waals surface area (Å²) in [4.78, 5) is 12.4. The van der Waals surface area contributed by atoms with Crippen LogP contribution in [0.2, 0.25) is 10.0 Å². The second-order valence-corrected chi connectivity index (χ2v) is 6.31. The maximum atomic E-state index is 11.3. The van der Waals surface area contributed by atoms with Gasteiger partial charge < -0.3 is 5.32 Å². The lowest BCUT2D eigenvalue weighted by molar-refractivity contribution is -0.115. The van der Waals surface area contributed by atoms with Crippen molar-refractivity contribution in [2.45, 2.75) is 17.1 Å². The number of rotatable bonds is 5. The van der Waals surface area contributed by atoms with Gasteiger partial charge in [-0.3, -0.25) is 4.79 Å². The Morgan fingerprint density at radius 1 is 1.14 bits per heavy atom. The molecular formula is C16H12Cl2N2OS. The van der Waals surface area contributed by atoms with Crippen LogP contribution in [0.3, 0.4) is 0 Å². The van der Waals surface area contributed by atoms with Gasteiger partial charge >= 0.3 is 0 Å². The van der Waals surface area contributed by atoms with Crippen LogP contribution in [-0.2, 0) is 10.5 Å². The fourth-order valence-electron chi connectivity index (χ4n) is 1.71. The molecule has 1 N–H and O–H groups in total. The zero-order valence-corrected chi connectivity index (χ0v) is 13.8. The average molecular weight is 351 g/mol. The lowest BCUT2D eigenvalue weighted by atomic mass is 10.2. The molecule has 0 saturated carbocycles. The third-order valence-electron chi connectivity index (χ3n) is 2.77. The quantitative estimate of drug-likeness (QED) is 0.759. The van der Waals surface area contributed by atoms with Crippen molar-refractivity contribution >= 4 is 46.6 Å². The lowest BCUT2D eigenvalue weighted by Gasteiger charge is -2.06. The molecule has 2 aromatic carbocycles. The van der Waals surface area contributed by atoms with E-state index in [4.69, 9.17) is 28.5 Å². The van der Waals surface area contributed by atoms with E-state index >= 15 is 0 Å². The van der Waals surface area contributed by atoms with Crippen molar-refractivity contribution in [3.05, 3.63) is 58.1 Å². The van der Waals surface area contributed by atoms with Gasteiger partial charge in [0.15, 0.2) is 0 Å². The Bertz CT molecular complexity index is 711. The third-order valence-corrected chi connectivity index (χ3v) is 4.59. The van der Waals surface area contributed by atoms with E-state index in [1.807, 2.05) is 42.5 Å². The van der Waals surface area contributed by atoms with Crippen molar-refractivity contribution in [3.8, 4) is 6.07 Å². The molecule has 2 rings (SSSR count). The predicted octanol–water partition coefficient (Wildman–Crippen LogP) is 5.14. The molecule has 0 aliphatic rings. The van der Waals surface area contributed by atoms with Crippen LogP contribution in [0.4, 0.5) is 5.69 Å². The summed E-state index contributed by atoms with van der Waals surface area (Å²) in [5, 5.41) is 12.2. The molecule has 0 atom stereocenters. The second kappa shape index (κ2) is 8.09. The van der Waals surface area contributed by atoms with Crippen LogP contribution in [0.25, 0.3) is 0 Å². The number of halogens is 2. The number of anilines is 1. The number of nitrogens with zero attached hydrogens (tertiary/aromatic N) is 1. The summed E-state index contributed by atoms with van der Waals surface area (Å²) in [6.45, 7) is 0. The molecule has 22 heavy (non-hydrogen) atoms. The van der Waals surface area contributed by atoms with Gasteiger partial charge in [-0.2, -0.15) is 5.26 Å². The SMILES string of the molecule is N#CCC(=O)Nc1ccc(SCc2ccc(Cl)c(Cl)c2)cc1. The Hall–Kier alpha value is -1.67. The zero-order chi connectivity index (χ0) is 15.9. The Labute approximate surface area is 143 Å². The first-order valence-electron chi connectivity index (χ1n) is 6.42. The minimum Gasteiger partial charge on any atom is -0.325 e. The molecule has 0 fully saturated rings. The van der Waals surface area contributed by atoms with Gasteiger partial charge in [0.2, 0.25) is 5.91 Å². The molecule has 0 unspecified atom stereocenters. The van der Waals surface area contributed by atoms with Crippen molar-refractivity contribution in [1.29, 1.82) is 5.26 Å². The van der Waals surface area contributed by atoms with Crippen molar-refractivity contribution in [1.82, 2.24) is 0 Å². The van der Waals surface area contributed by atoms with Crippen LogP contribution in [-0.4, -0.2) is 5.91 Å². The van der Waals surface area contributed by atoms with Gasteiger partial charge in [-0.15, -0.1) is 11.8 Å². The van der Waals surface area contributed by atoms with E-state index in [-0.39, 0.29) is 12.3 Å². The van der Waals surface area contributed by atoms with Gasteiger partial charge in [0, 0.05) is 16.3 Å². The minimum atomic E-state index is -0.307. The second-order valence-electron chi connectivity index (χ2n) is 4.44. The molecule has 0 spiro atoms. The number of amides is 1. The molecule has 0 aliphatic heterocycles. The number of benzene rings is 2. The van der Waals surface area contributed by atoms with Gasteiger partial charge in [0.25, 0.3) is 0 Å². The lowest BCUT2D eigenvalue weighted by Crippen LogP contribution is -2.09. The Morgan fingerprint density at radius 3 is 2.50 bits per heavy atom. The highest BCUT2D eigenvalue weighted by atomic mass is 35.5. The zero-order valence-electron chi connectivity index (χ0n) is 11.5. The Morgan fingerprint density at radius 2 is 1.86 bits per heavy atom. The predicted molar refractivity (Wildman–Crippen MR) is 91.3 cm³/mol. The summed E-state index contributed by atoms with van der Waals surface area (Å²) in [5.74, 6) is 0.468. The smallest absolute Gasteiger partial charge is 0.238 e. The van der Waals surface area contributed by atoms with Crippen LogP contribution >= 0.6 is 35.0 Å². The summed E-state index contributed by atoms with van der Waals surface area (Å²) in [7, 11) is 0. The summed E-state index contributed by atoms with van der Waals surface area (Å²) in [5.41, 5.74) is 1.77. The van der Waals surface area contributed by atoms with Gasteiger partial charge in [0.1, 0.15) is 6.42 Å². The molecule has 0 bridgehead atoms. The molecule has 0 heterocycles. The van der Waals surface area contributed by atoms with E-state index in [1.165, 1.54) is 0 Å². The maximum Gasteiger partial charge on any atom is 0.238 e. The van der Waals surface area contributed by atoms with Gasteiger partial charge in [-0.25, -0.2) is 0 Å². The fraction of sp³-hybridized carbons (Fsp3) is 0.125. The number of hydrogen-bond donors (Lipinski definition) is 1. The standard InChI is InChI=1S/C16H12Cl2N2OS/c17-14-6-1-11(9-15(14)18)10-22-13-4-2-12(3-5-13)20-16(21)7-8-19/h1-6,9H,7,10H2,(H,20,21). The average Bonchev–Trinajstić information content (AvgIpc) is 2.50. The number of hydrogen-bond acceptors (Lipinski definition) is 3. The minimum absolute atomic E-state index is 0.145. The van der Waals surface area contributed by atoms with Crippen LogP contribution in [0.15, 0.2) is 47.4 Å². The largest absolute Gasteiger partial charge is 0.325 e. The number of thioether (sulfide) groups is 1. The van der Waals surface area contributed by atoms with E-state index in [0.29, 0.717) is 15.7 Å². The molecule has 2 aromatic rings. The summed E-state index contributed by atoms with van der Waals surface area (Å²) < 4.78 is 0. The van der Waals surface area contributed by atoms with Crippen LogP contribution < -0.4 is 5.32 Å². The summed E-state index contributed by atoms with van der Waals surface area (Å²) in [6, 6.07) is 14.9. The van der Waals surface area contributed by atoms with E-state index in [2.05, 4.69) is 5.32 Å². The molecule has 0 radical (unpaired) electrons. The normalized spacial score (nSPS) is 10.0. The number of nitrogens with one attached hydrogen (secondary N) is 1. The highest BCUT2D eigenvalue weighted by Gasteiger charge is 2.03. The van der Waals surface area contributed by atoms with E-state index in [1.54, 1.807) is 17.8 Å². The third kappa shape index (κ3) is 4.96. The number of nitriles is 1. The number of carbonyl (C=O) groups excluding carboxylic acids is 1. The van der Waals surface area contributed by atoms with Gasteiger partial charge in [-0.1, -0.05) is 29.3 Å². The molecule has 3 nitrogen and oxygen atoms in total. The van der Waals surface area contributed by atoms with E-state index in [9.17, 15) is 4.79 Å². The Balaban J connectivity index is 1.92. The highest BCUT2D eigenvalue weighted by Crippen LogP contribution is 2.28. The van der Waals surface area contributed by atoms with Gasteiger partial charge in [-0.05, 0) is 42.0 Å². The molecule has 0 saturated heterocycles. The topological polar surface area (TPSA) is 52.9 Å². The summed E-state index contributed by atoms with van der Waals surface area (Å²) >= 11 is 13.5. The molecular weight excluding hydrogens is 339 g/mol. The molecule has 1 amide bonds. The first-order chi connectivity index (χ1) is 10.6. The Kier molecular flexibility index (Phi) is 6.14. The fourth-order valence-corrected chi connectivity index (χ4v) is 2.87. The molecule has 6 heteroatoms. The highest BCUT2D eigenvalue weighted by molar-refractivity contribution is 7.98. The van der Waals surface area contributed by atoms with E-state index in [0.717, 1.165) is 16.2 Å². The maximum absolute atomic E-state index is 11.3. The first kappa shape index (κ1) is 16.7.